The molecule has 0 aliphatic carbocycles. The van der Waals surface area contributed by atoms with E-state index in [0.29, 0.717) is 18.7 Å². The van der Waals surface area contributed by atoms with Crippen LogP contribution in [0.25, 0.3) is 0 Å². The lowest BCUT2D eigenvalue weighted by Crippen LogP contribution is -2.36. The van der Waals surface area contributed by atoms with Crippen molar-refractivity contribution in [3.63, 3.8) is 0 Å². The summed E-state index contributed by atoms with van der Waals surface area (Å²) < 4.78 is 5.43. The second-order valence-corrected chi connectivity index (χ2v) is 6.40. The summed E-state index contributed by atoms with van der Waals surface area (Å²) in [7, 11) is 5.56. The molecule has 0 saturated heterocycles. The normalized spacial score (nSPS) is 11.7. The summed E-state index contributed by atoms with van der Waals surface area (Å²) in [5, 5.41) is 5.70. The van der Waals surface area contributed by atoms with Gasteiger partial charge in [-0.2, -0.15) is 0 Å². The van der Waals surface area contributed by atoms with Crippen LogP contribution in [0.4, 0.5) is 0 Å². The molecule has 1 atom stereocenters. The fourth-order valence-electron chi connectivity index (χ4n) is 2.79. The van der Waals surface area contributed by atoms with Gasteiger partial charge in [-0.3, -0.25) is 9.59 Å². The number of carbonyl (C=O) groups excluding carboxylic acids is 2. The SMILES string of the molecule is COc1ccccc1C(CNC(=O)CCNC(=O)c1ccccc1)N(C)C. The third-order valence-electron chi connectivity index (χ3n) is 4.29. The van der Waals surface area contributed by atoms with Gasteiger partial charge in [-0.15, -0.1) is 0 Å². The highest BCUT2D eigenvalue weighted by Gasteiger charge is 2.19. The summed E-state index contributed by atoms with van der Waals surface area (Å²) in [5.41, 5.74) is 1.60. The van der Waals surface area contributed by atoms with E-state index in [1.807, 2.05) is 49.3 Å². The maximum absolute atomic E-state index is 12.2. The molecule has 0 aromatic heterocycles. The first kappa shape index (κ1) is 20.5. The zero-order valence-electron chi connectivity index (χ0n) is 16.1. The second-order valence-electron chi connectivity index (χ2n) is 6.40. The van der Waals surface area contributed by atoms with Gasteiger partial charge in [0.1, 0.15) is 5.75 Å². The largest absolute Gasteiger partial charge is 0.496 e. The van der Waals surface area contributed by atoms with Crippen LogP contribution in [-0.4, -0.2) is 51.0 Å². The minimum absolute atomic E-state index is 0.0102. The fraction of sp³-hybridized carbons (Fsp3) is 0.333. The average Bonchev–Trinajstić information content (AvgIpc) is 2.68. The van der Waals surface area contributed by atoms with Gasteiger partial charge in [0.05, 0.1) is 13.2 Å². The van der Waals surface area contributed by atoms with Crippen molar-refractivity contribution in [1.82, 2.24) is 15.5 Å². The number of nitrogens with zero attached hydrogens (tertiary/aromatic N) is 1. The molecule has 6 heteroatoms. The van der Waals surface area contributed by atoms with Crippen molar-refractivity contribution in [2.45, 2.75) is 12.5 Å². The molecule has 0 heterocycles. The summed E-state index contributed by atoms with van der Waals surface area (Å²) in [6.07, 6.45) is 0.227. The van der Waals surface area contributed by atoms with Gasteiger partial charge in [0.2, 0.25) is 5.91 Å². The van der Waals surface area contributed by atoms with Gasteiger partial charge in [-0.25, -0.2) is 0 Å². The van der Waals surface area contributed by atoms with E-state index in [2.05, 4.69) is 10.6 Å². The lowest BCUT2D eigenvalue weighted by molar-refractivity contribution is -0.121. The van der Waals surface area contributed by atoms with E-state index >= 15 is 0 Å². The van der Waals surface area contributed by atoms with Crippen LogP contribution < -0.4 is 15.4 Å². The number of para-hydroxylation sites is 1. The van der Waals surface area contributed by atoms with Crippen molar-refractivity contribution >= 4 is 11.8 Å². The first-order valence-corrected chi connectivity index (χ1v) is 8.92. The Hall–Kier alpha value is -2.86. The van der Waals surface area contributed by atoms with Crippen molar-refractivity contribution in [3.05, 3.63) is 65.7 Å². The Balaban J connectivity index is 1.83. The van der Waals surface area contributed by atoms with Gasteiger partial charge in [-0.05, 0) is 32.3 Å². The number of carbonyl (C=O) groups is 2. The van der Waals surface area contributed by atoms with Crippen LogP contribution in [0.3, 0.4) is 0 Å². The molecule has 2 aromatic rings. The van der Waals surface area contributed by atoms with Gasteiger partial charge >= 0.3 is 0 Å². The number of methoxy groups -OCH3 is 1. The lowest BCUT2D eigenvalue weighted by Gasteiger charge is -2.26. The van der Waals surface area contributed by atoms with E-state index in [-0.39, 0.29) is 24.3 Å². The molecule has 2 amide bonds. The van der Waals surface area contributed by atoms with Crippen LogP contribution in [0.2, 0.25) is 0 Å². The monoisotopic (exact) mass is 369 g/mol. The molecule has 2 aromatic carbocycles. The van der Waals surface area contributed by atoms with E-state index in [4.69, 9.17) is 4.74 Å². The molecule has 0 saturated carbocycles. The first-order valence-electron chi connectivity index (χ1n) is 8.92. The quantitative estimate of drug-likeness (QED) is 0.711. The van der Waals surface area contributed by atoms with Crippen LogP contribution in [0.5, 0.6) is 5.75 Å². The maximum Gasteiger partial charge on any atom is 0.251 e. The second kappa shape index (κ2) is 10.3. The van der Waals surface area contributed by atoms with Crippen molar-refractivity contribution in [1.29, 1.82) is 0 Å². The minimum Gasteiger partial charge on any atom is -0.496 e. The van der Waals surface area contributed by atoms with E-state index in [1.165, 1.54) is 0 Å². The van der Waals surface area contributed by atoms with Crippen molar-refractivity contribution in [2.24, 2.45) is 0 Å². The Morgan fingerprint density at radius 1 is 1.00 bits per heavy atom. The summed E-state index contributed by atoms with van der Waals surface area (Å²) in [6.45, 7) is 0.750. The van der Waals surface area contributed by atoms with Crippen molar-refractivity contribution < 1.29 is 14.3 Å². The Labute approximate surface area is 160 Å². The van der Waals surface area contributed by atoms with Gasteiger partial charge in [0.25, 0.3) is 5.91 Å². The molecular formula is C21H27N3O3. The first-order chi connectivity index (χ1) is 13.0. The molecule has 2 rings (SSSR count). The Kier molecular flexibility index (Phi) is 7.82. The number of nitrogens with one attached hydrogen (secondary N) is 2. The topological polar surface area (TPSA) is 70.7 Å². The van der Waals surface area contributed by atoms with Gasteiger partial charge in [-0.1, -0.05) is 36.4 Å². The highest BCUT2D eigenvalue weighted by Crippen LogP contribution is 2.27. The Morgan fingerprint density at radius 2 is 1.67 bits per heavy atom. The smallest absolute Gasteiger partial charge is 0.251 e. The van der Waals surface area contributed by atoms with Crippen LogP contribution in [0.1, 0.15) is 28.4 Å². The average molecular weight is 369 g/mol. The molecule has 0 radical (unpaired) electrons. The van der Waals surface area contributed by atoms with Crippen molar-refractivity contribution in [3.8, 4) is 5.75 Å². The number of amides is 2. The molecule has 0 aliphatic rings. The van der Waals surface area contributed by atoms with E-state index in [1.54, 1.807) is 31.4 Å². The van der Waals surface area contributed by atoms with Crippen LogP contribution >= 0.6 is 0 Å². The van der Waals surface area contributed by atoms with Gasteiger partial charge in [0.15, 0.2) is 0 Å². The summed E-state index contributed by atoms with van der Waals surface area (Å²) in [4.78, 5) is 26.2. The molecule has 27 heavy (non-hydrogen) atoms. The van der Waals surface area contributed by atoms with Gasteiger partial charge < -0.3 is 20.3 Å². The number of hydrogen-bond acceptors (Lipinski definition) is 4. The van der Waals surface area contributed by atoms with Crippen molar-refractivity contribution in [2.75, 3.05) is 34.3 Å². The molecule has 144 valence electrons. The standard InChI is InChI=1S/C21H27N3O3/c1-24(2)18(17-11-7-8-12-19(17)27-3)15-23-20(25)13-14-22-21(26)16-9-5-4-6-10-16/h4-12,18H,13-15H2,1-3H3,(H,22,26)(H,23,25). The highest BCUT2D eigenvalue weighted by molar-refractivity contribution is 5.94. The molecule has 0 bridgehead atoms. The molecule has 0 aliphatic heterocycles. The molecule has 0 spiro atoms. The summed E-state index contributed by atoms with van der Waals surface area (Å²) >= 11 is 0. The van der Waals surface area contributed by atoms with E-state index in [9.17, 15) is 9.59 Å². The number of rotatable bonds is 9. The molecule has 6 nitrogen and oxygen atoms in total. The zero-order chi connectivity index (χ0) is 19.6. The minimum atomic E-state index is -0.177. The number of hydrogen-bond donors (Lipinski definition) is 2. The third-order valence-corrected chi connectivity index (χ3v) is 4.29. The summed E-state index contributed by atoms with van der Waals surface area (Å²) in [5.74, 6) is 0.509. The molecule has 2 N–H and O–H groups in total. The lowest BCUT2D eigenvalue weighted by atomic mass is 10.0. The van der Waals surface area contributed by atoms with Crippen LogP contribution in [-0.2, 0) is 4.79 Å². The van der Waals surface area contributed by atoms with Crippen LogP contribution in [0, 0.1) is 0 Å². The maximum atomic E-state index is 12.2. The fourth-order valence-corrected chi connectivity index (χ4v) is 2.79. The van der Waals surface area contributed by atoms with Crippen LogP contribution in [0.15, 0.2) is 54.6 Å². The number of benzene rings is 2. The van der Waals surface area contributed by atoms with E-state index in [0.717, 1.165) is 11.3 Å². The predicted octanol–water partition coefficient (Wildman–Crippen LogP) is 2.23. The number of ether oxygens (including phenoxy) is 1. The summed E-state index contributed by atoms with van der Waals surface area (Å²) in [6, 6.07) is 16.7. The Morgan fingerprint density at radius 3 is 2.33 bits per heavy atom. The van der Waals surface area contributed by atoms with Gasteiger partial charge in [0, 0.05) is 30.6 Å². The molecule has 1 unspecified atom stereocenters. The zero-order valence-corrected chi connectivity index (χ0v) is 16.1. The Bertz CT molecular complexity index is 747. The third kappa shape index (κ3) is 6.11. The molecular weight excluding hydrogens is 342 g/mol. The van der Waals surface area contributed by atoms with E-state index < -0.39 is 0 Å². The predicted molar refractivity (Wildman–Crippen MR) is 106 cm³/mol. The number of likely N-dealkylation sites (N-methyl/N-ethyl adjacent to an activating group) is 1. The highest BCUT2D eigenvalue weighted by atomic mass is 16.5. The molecule has 0 fully saturated rings.